The van der Waals surface area contributed by atoms with Crippen LogP contribution in [0.1, 0.15) is 0 Å². The van der Waals surface area contributed by atoms with Gasteiger partial charge in [-0.15, -0.1) is 0 Å². The quantitative estimate of drug-likeness (QED) is 0.363. The van der Waals surface area contributed by atoms with Gasteiger partial charge in [-0.1, -0.05) is 24.0 Å². The molecule has 0 amide bonds. The predicted octanol–water partition coefficient (Wildman–Crippen LogP) is 1.37. The van der Waals surface area contributed by atoms with Crippen molar-refractivity contribution in [2.24, 2.45) is 5.73 Å². The molecule has 0 fully saturated rings. The van der Waals surface area contributed by atoms with E-state index in [1.807, 2.05) is 0 Å². The van der Waals surface area contributed by atoms with Gasteiger partial charge in [-0.05, 0) is 6.07 Å². The van der Waals surface area contributed by atoms with Crippen LogP contribution in [0.15, 0.2) is 23.4 Å². The molecule has 0 aliphatic carbocycles. The fraction of sp³-hybridized carbons (Fsp3) is 0.143. The maximum Gasteiger partial charge on any atom is 0.287 e. The minimum atomic E-state index is -0.491. The number of nitrogens with two attached hydrogens (primary N) is 1. The third-order valence-electron chi connectivity index (χ3n) is 1.29. The summed E-state index contributed by atoms with van der Waals surface area (Å²) in [5, 5.41) is 11.0. The number of aromatic nitrogens is 1. The Balaban J connectivity index is 2.64. The standard InChI is InChI=1S/C7H7N3O2S2/c8-6(13)4-14-7-2-1-5(3-9-7)10(11)12/h1-3H,4H2,(H2,8,13). The first-order valence-electron chi connectivity index (χ1n) is 3.61. The molecule has 2 N–H and O–H groups in total. The SMILES string of the molecule is NC(=S)CSc1ccc([N+](=O)[O-])cn1. The highest BCUT2D eigenvalue weighted by Gasteiger charge is 2.05. The van der Waals surface area contributed by atoms with Crippen LogP contribution in [0.4, 0.5) is 5.69 Å². The lowest BCUT2D eigenvalue weighted by molar-refractivity contribution is -0.385. The van der Waals surface area contributed by atoms with Gasteiger partial charge in [0.15, 0.2) is 0 Å². The molecular formula is C7H7N3O2S2. The fourth-order valence-corrected chi connectivity index (χ4v) is 1.47. The molecule has 0 saturated carbocycles. The van der Waals surface area contributed by atoms with E-state index in [4.69, 9.17) is 5.73 Å². The minimum Gasteiger partial charge on any atom is -0.393 e. The fourth-order valence-electron chi connectivity index (χ4n) is 0.711. The highest BCUT2D eigenvalue weighted by molar-refractivity contribution is 8.01. The van der Waals surface area contributed by atoms with Gasteiger partial charge in [0, 0.05) is 11.8 Å². The Morgan fingerprint density at radius 3 is 2.86 bits per heavy atom. The average molecular weight is 229 g/mol. The Labute approximate surface area is 89.9 Å². The topological polar surface area (TPSA) is 82.0 Å². The first kappa shape index (κ1) is 10.9. The van der Waals surface area contributed by atoms with Crippen LogP contribution in [-0.4, -0.2) is 20.6 Å². The van der Waals surface area contributed by atoms with Crippen molar-refractivity contribution in [3.8, 4) is 0 Å². The molecule has 5 nitrogen and oxygen atoms in total. The Hall–Kier alpha value is -1.21. The lowest BCUT2D eigenvalue weighted by Crippen LogP contribution is -2.10. The van der Waals surface area contributed by atoms with Crippen molar-refractivity contribution in [1.82, 2.24) is 4.98 Å². The van der Waals surface area contributed by atoms with Gasteiger partial charge in [0.05, 0.1) is 14.9 Å². The largest absolute Gasteiger partial charge is 0.393 e. The van der Waals surface area contributed by atoms with Crippen LogP contribution in [0.2, 0.25) is 0 Å². The third-order valence-corrected chi connectivity index (χ3v) is 2.61. The molecule has 0 unspecified atom stereocenters. The van der Waals surface area contributed by atoms with Crippen LogP contribution in [0, 0.1) is 10.1 Å². The first-order chi connectivity index (χ1) is 6.59. The summed E-state index contributed by atoms with van der Waals surface area (Å²) in [5.41, 5.74) is 5.27. The maximum atomic E-state index is 10.3. The molecule has 0 atom stereocenters. The number of hydrogen-bond donors (Lipinski definition) is 1. The van der Waals surface area contributed by atoms with E-state index in [0.29, 0.717) is 15.8 Å². The first-order valence-corrected chi connectivity index (χ1v) is 5.00. The van der Waals surface area contributed by atoms with Crippen molar-refractivity contribution in [2.45, 2.75) is 5.03 Å². The second kappa shape index (κ2) is 4.87. The van der Waals surface area contributed by atoms with Crippen LogP contribution in [0.3, 0.4) is 0 Å². The molecule has 1 heterocycles. The summed E-state index contributed by atoms with van der Waals surface area (Å²) in [6.07, 6.45) is 1.21. The summed E-state index contributed by atoms with van der Waals surface area (Å²) < 4.78 is 0. The second-order valence-electron chi connectivity index (χ2n) is 2.37. The molecule has 1 rings (SSSR count). The number of pyridine rings is 1. The van der Waals surface area contributed by atoms with E-state index < -0.39 is 4.92 Å². The monoisotopic (exact) mass is 229 g/mol. The van der Waals surface area contributed by atoms with Gasteiger partial charge in [-0.3, -0.25) is 10.1 Å². The van der Waals surface area contributed by atoms with E-state index in [9.17, 15) is 10.1 Å². The summed E-state index contributed by atoms with van der Waals surface area (Å²) in [4.78, 5) is 14.1. The molecule has 14 heavy (non-hydrogen) atoms. The van der Waals surface area contributed by atoms with Crippen LogP contribution in [0.25, 0.3) is 0 Å². The van der Waals surface area contributed by atoms with Crippen LogP contribution >= 0.6 is 24.0 Å². The van der Waals surface area contributed by atoms with E-state index in [0.717, 1.165) is 0 Å². The molecule has 0 aliphatic heterocycles. The lowest BCUT2D eigenvalue weighted by Gasteiger charge is -1.97. The third kappa shape index (κ3) is 3.27. The van der Waals surface area contributed by atoms with Crippen molar-refractivity contribution in [3.63, 3.8) is 0 Å². The molecule has 74 valence electrons. The van der Waals surface area contributed by atoms with Gasteiger partial charge in [-0.2, -0.15) is 0 Å². The Bertz CT molecular complexity index is 352. The molecule has 0 aliphatic rings. The molecule has 0 aromatic carbocycles. The zero-order valence-electron chi connectivity index (χ0n) is 7.04. The number of thioether (sulfide) groups is 1. The van der Waals surface area contributed by atoms with Crippen molar-refractivity contribution in [3.05, 3.63) is 28.4 Å². The highest BCUT2D eigenvalue weighted by Crippen LogP contribution is 2.17. The van der Waals surface area contributed by atoms with E-state index in [1.165, 1.54) is 24.0 Å². The van der Waals surface area contributed by atoms with Crippen LogP contribution < -0.4 is 5.73 Å². The number of rotatable bonds is 4. The number of hydrogen-bond acceptors (Lipinski definition) is 5. The second-order valence-corrected chi connectivity index (χ2v) is 3.89. The summed E-state index contributed by atoms with van der Waals surface area (Å²) in [7, 11) is 0. The van der Waals surface area contributed by atoms with E-state index in [2.05, 4.69) is 17.2 Å². The number of nitro groups is 1. The molecule has 0 bridgehead atoms. The zero-order valence-corrected chi connectivity index (χ0v) is 8.68. The van der Waals surface area contributed by atoms with Crippen molar-refractivity contribution < 1.29 is 4.92 Å². The van der Waals surface area contributed by atoms with Gasteiger partial charge in [0.1, 0.15) is 6.20 Å². The van der Waals surface area contributed by atoms with Crippen molar-refractivity contribution in [1.29, 1.82) is 0 Å². The van der Waals surface area contributed by atoms with Gasteiger partial charge < -0.3 is 5.73 Å². The van der Waals surface area contributed by atoms with E-state index >= 15 is 0 Å². The van der Waals surface area contributed by atoms with Crippen LogP contribution in [0.5, 0.6) is 0 Å². The number of thiocarbonyl (C=S) groups is 1. The Kier molecular flexibility index (Phi) is 3.78. The maximum absolute atomic E-state index is 10.3. The summed E-state index contributed by atoms with van der Waals surface area (Å²) >= 11 is 6.03. The number of nitrogens with zero attached hydrogens (tertiary/aromatic N) is 2. The summed E-state index contributed by atoms with van der Waals surface area (Å²) in [6, 6.07) is 2.97. The van der Waals surface area contributed by atoms with Gasteiger partial charge in [-0.25, -0.2) is 4.98 Å². The highest BCUT2D eigenvalue weighted by atomic mass is 32.2. The van der Waals surface area contributed by atoms with Gasteiger partial charge in [0.25, 0.3) is 5.69 Å². The zero-order chi connectivity index (χ0) is 10.6. The molecule has 0 spiro atoms. The molecular weight excluding hydrogens is 222 g/mol. The minimum absolute atomic E-state index is 0.0234. The van der Waals surface area contributed by atoms with Gasteiger partial charge in [0.2, 0.25) is 0 Å². The van der Waals surface area contributed by atoms with E-state index in [1.54, 1.807) is 6.07 Å². The average Bonchev–Trinajstić information content (AvgIpc) is 2.15. The molecule has 0 saturated heterocycles. The normalized spacial score (nSPS) is 9.71. The molecule has 1 aromatic heterocycles. The Morgan fingerprint density at radius 1 is 1.71 bits per heavy atom. The van der Waals surface area contributed by atoms with Crippen molar-refractivity contribution in [2.75, 3.05) is 5.75 Å². The van der Waals surface area contributed by atoms with E-state index in [-0.39, 0.29) is 5.69 Å². The molecule has 7 heteroatoms. The summed E-state index contributed by atoms with van der Waals surface area (Å²) in [6.45, 7) is 0. The molecule has 1 aromatic rings. The van der Waals surface area contributed by atoms with Crippen LogP contribution in [-0.2, 0) is 0 Å². The Morgan fingerprint density at radius 2 is 2.43 bits per heavy atom. The molecule has 0 radical (unpaired) electrons. The predicted molar refractivity (Wildman–Crippen MR) is 58.4 cm³/mol. The smallest absolute Gasteiger partial charge is 0.287 e. The summed E-state index contributed by atoms with van der Waals surface area (Å²) in [5.74, 6) is 0.486. The van der Waals surface area contributed by atoms with Gasteiger partial charge >= 0.3 is 0 Å². The van der Waals surface area contributed by atoms with Crippen molar-refractivity contribution >= 4 is 34.7 Å². The lowest BCUT2D eigenvalue weighted by atomic mass is 10.4.